The zero-order chi connectivity index (χ0) is 32.0. The van der Waals surface area contributed by atoms with Gasteiger partial charge in [-0.3, -0.25) is 19.2 Å². The highest BCUT2D eigenvalue weighted by molar-refractivity contribution is 5.93. The molecular formula is C28H50N4O9. The van der Waals surface area contributed by atoms with Gasteiger partial charge in [0.15, 0.2) is 18.0 Å². The smallest absolute Gasteiger partial charge is 0.329 e. The second-order valence-corrected chi connectivity index (χ2v) is 11.3. The van der Waals surface area contributed by atoms with Gasteiger partial charge in [0.05, 0.1) is 6.04 Å². The molecule has 0 aliphatic rings. The quantitative estimate of drug-likeness (QED) is 0.110. The van der Waals surface area contributed by atoms with E-state index in [2.05, 4.69) is 16.0 Å². The van der Waals surface area contributed by atoms with E-state index >= 15 is 0 Å². The molecule has 0 rings (SSSR count). The second-order valence-electron chi connectivity index (χ2n) is 11.3. The van der Waals surface area contributed by atoms with E-state index in [1.54, 1.807) is 41.5 Å². The molecule has 0 radical (unpaired) electrons. The number of ether oxygens (including phenoxy) is 2. The lowest BCUT2D eigenvalue weighted by molar-refractivity contribution is -0.164. The van der Waals surface area contributed by atoms with Crippen LogP contribution in [0.25, 0.3) is 0 Å². The number of aliphatic hydroxyl groups excluding tert-OH is 1. The van der Waals surface area contributed by atoms with Crippen molar-refractivity contribution in [1.82, 2.24) is 16.0 Å². The highest BCUT2D eigenvalue weighted by Gasteiger charge is 2.35. The number of esters is 2. The maximum Gasteiger partial charge on any atom is 0.329 e. The number of carbonyl (C=O) groups is 6. The molecule has 41 heavy (non-hydrogen) atoms. The predicted octanol–water partition coefficient (Wildman–Crippen LogP) is 0.351. The molecule has 0 aromatic carbocycles. The lowest BCUT2D eigenvalue weighted by Gasteiger charge is -2.28. The summed E-state index contributed by atoms with van der Waals surface area (Å²) in [6.07, 6.45) is -2.74. The van der Waals surface area contributed by atoms with Gasteiger partial charge < -0.3 is 36.3 Å². The van der Waals surface area contributed by atoms with E-state index in [1.807, 2.05) is 0 Å². The lowest BCUT2D eigenvalue weighted by Crippen LogP contribution is -2.53. The number of hydrogen-bond acceptors (Lipinski definition) is 10. The van der Waals surface area contributed by atoms with Crippen molar-refractivity contribution in [1.29, 1.82) is 0 Å². The largest absolute Gasteiger partial charge is 0.451 e. The van der Waals surface area contributed by atoms with Crippen molar-refractivity contribution in [2.45, 2.75) is 118 Å². The maximum absolute atomic E-state index is 13.2. The fourth-order valence-corrected chi connectivity index (χ4v) is 3.78. The maximum atomic E-state index is 13.2. The average Bonchev–Trinajstić information content (AvgIpc) is 2.86. The molecule has 0 fully saturated rings. The Morgan fingerprint density at radius 2 is 1.22 bits per heavy atom. The van der Waals surface area contributed by atoms with Crippen LogP contribution in [-0.2, 0) is 38.2 Å². The van der Waals surface area contributed by atoms with Crippen molar-refractivity contribution in [3.05, 3.63) is 0 Å². The van der Waals surface area contributed by atoms with Gasteiger partial charge in [-0.1, -0.05) is 41.5 Å². The van der Waals surface area contributed by atoms with Gasteiger partial charge in [-0.25, -0.2) is 9.59 Å². The summed E-state index contributed by atoms with van der Waals surface area (Å²) in [6.45, 7) is 14.5. The van der Waals surface area contributed by atoms with Gasteiger partial charge in [0.2, 0.25) is 5.91 Å². The number of ketones is 1. The first-order valence-electron chi connectivity index (χ1n) is 14.1. The molecule has 0 saturated carbocycles. The number of nitrogens with two attached hydrogens (primary N) is 1. The number of amides is 3. The summed E-state index contributed by atoms with van der Waals surface area (Å²) in [5.41, 5.74) is 5.57. The van der Waals surface area contributed by atoms with Crippen LogP contribution in [0.4, 0.5) is 0 Å². The van der Waals surface area contributed by atoms with Crippen LogP contribution in [-0.4, -0.2) is 83.5 Å². The first-order chi connectivity index (χ1) is 18.9. The highest BCUT2D eigenvalue weighted by atomic mass is 16.6. The molecule has 0 bridgehead atoms. The Bertz CT molecular complexity index is 905. The Kier molecular flexibility index (Phi) is 17.0. The molecule has 0 aromatic heterocycles. The number of hydrogen-bond donors (Lipinski definition) is 5. The third-order valence-corrected chi connectivity index (χ3v) is 6.32. The van der Waals surface area contributed by atoms with Crippen LogP contribution < -0.4 is 21.7 Å². The van der Waals surface area contributed by atoms with E-state index < -0.39 is 77.9 Å². The molecule has 236 valence electrons. The fraction of sp³-hybridized carbons (Fsp3) is 0.786. The van der Waals surface area contributed by atoms with Gasteiger partial charge in [0.1, 0.15) is 18.2 Å². The molecular weight excluding hydrogens is 536 g/mol. The molecule has 3 amide bonds. The number of aliphatic hydroxyl groups is 1. The number of carbonyl (C=O) groups excluding carboxylic acids is 6. The lowest BCUT2D eigenvalue weighted by atomic mass is 9.99. The van der Waals surface area contributed by atoms with E-state index in [0.717, 1.165) is 0 Å². The van der Waals surface area contributed by atoms with Gasteiger partial charge in [0.25, 0.3) is 11.8 Å². The number of unbranched alkanes of at least 4 members (excludes halogenated alkanes) is 1. The number of rotatable bonds is 18. The minimum atomic E-state index is -1.35. The van der Waals surface area contributed by atoms with E-state index in [9.17, 15) is 33.9 Å². The standard InChI is InChI=1S/C28H50N4O9/c1-14(2)21(17(7)33)31-26(37)23(16(5)6)41-27(38)20(12-10-11-13-29)30-25(36)19(9)40-28(39)22(15(3)4)32-24(35)18(8)34/h14-16,18-23,34H,10-13,29H2,1-9H3,(H,30,36)(H,31,37)(H,32,35). The first-order valence-corrected chi connectivity index (χ1v) is 14.1. The van der Waals surface area contributed by atoms with Crippen molar-refractivity contribution in [3.8, 4) is 0 Å². The Morgan fingerprint density at radius 3 is 1.66 bits per heavy atom. The first kappa shape index (κ1) is 37.9. The Balaban J connectivity index is 5.65. The van der Waals surface area contributed by atoms with Crippen LogP contribution in [0, 0.1) is 17.8 Å². The monoisotopic (exact) mass is 586 g/mol. The normalized spacial score (nSPS) is 15.8. The molecule has 13 nitrogen and oxygen atoms in total. The van der Waals surface area contributed by atoms with Crippen LogP contribution in [0.2, 0.25) is 0 Å². The third kappa shape index (κ3) is 13.4. The fourth-order valence-electron chi connectivity index (χ4n) is 3.78. The summed E-state index contributed by atoms with van der Waals surface area (Å²) in [7, 11) is 0. The van der Waals surface area contributed by atoms with E-state index in [1.165, 1.54) is 20.8 Å². The van der Waals surface area contributed by atoms with Crippen molar-refractivity contribution < 1.29 is 43.3 Å². The van der Waals surface area contributed by atoms with Gasteiger partial charge in [-0.05, 0) is 64.3 Å². The van der Waals surface area contributed by atoms with Gasteiger partial charge in [0, 0.05) is 0 Å². The molecule has 6 atom stereocenters. The minimum Gasteiger partial charge on any atom is -0.451 e. The predicted molar refractivity (Wildman–Crippen MR) is 151 cm³/mol. The van der Waals surface area contributed by atoms with Crippen LogP contribution in [0.1, 0.15) is 81.6 Å². The van der Waals surface area contributed by atoms with Gasteiger partial charge >= 0.3 is 11.9 Å². The molecule has 0 aliphatic heterocycles. The third-order valence-electron chi connectivity index (χ3n) is 6.32. The Morgan fingerprint density at radius 1 is 0.683 bits per heavy atom. The second kappa shape index (κ2) is 18.4. The van der Waals surface area contributed by atoms with Gasteiger partial charge in [-0.15, -0.1) is 0 Å². The summed E-state index contributed by atoms with van der Waals surface area (Å²) in [4.78, 5) is 75.6. The Hall–Kier alpha value is -3.06. The van der Waals surface area contributed by atoms with E-state index in [4.69, 9.17) is 15.2 Å². The molecule has 6 N–H and O–H groups in total. The Labute approximate surface area is 243 Å². The summed E-state index contributed by atoms with van der Waals surface area (Å²) in [6, 6.07) is -3.04. The molecule has 6 unspecified atom stereocenters. The average molecular weight is 587 g/mol. The van der Waals surface area contributed by atoms with Crippen LogP contribution in [0.3, 0.4) is 0 Å². The van der Waals surface area contributed by atoms with Gasteiger partial charge in [-0.2, -0.15) is 0 Å². The molecule has 0 saturated heterocycles. The van der Waals surface area contributed by atoms with E-state index in [0.29, 0.717) is 19.4 Å². The molecule has 0 spiro atoms. The summed E-state index contributed by atoms with van der Waals surface area (Å²) in [5.74, 6) is -5.20. The SMILES string of the molecule is CC(=O)C(NC(=O)C(OC(=O)C(CCCCN)NC(=O)C(C)OC(=O)C(NC(=O)C(C)O)C(C)C)C(C)C)C(C)C. The molecule has 0 heterocycles. The van der Waals surface area contributed by atoms with E-state index in [-0.39, 0.29) is 18.1 Å². The molecule has 13 heteroatoms. The summed E-state index contributed by atoms with van der Waals surface area (Å²) in [5, 5.41) is 17.0. The highest BCUT2D eigenvalue weighted by Crippen LogP contribution is 2.14. The van der Waals surface area contributed by atoms with Crippen molar-refractivity contribution in [2.75, 3.05) is 6.54 Å². The van der Waals surface area contributed by atoms with Crippen LogP contribution in [0.15, 0.2) is 0 Å². The minimum absolute atomic E-state index is 0.149. The zero-order valence-corrected chi connectivity index (χ0v) is 25.8. The summed E-state index contributed by atoms with van der Waals surface area (Å²) >= 11 is 0. The topological polar surface area (TPSA) is 203 Å². The van der Waals surface area contributed by atoms with Crippen molar-refractivity contribution in [2.24, 2.45) is 23.5 Å². The van der Waals surface area contributed by atoms with Crippen LogP contribution in [0.5, 0.6) is 0 Å². The number of Topliss-reactive ketones (excluding diaryl/α,β-unsaturated/α-hetero) is 1. The molecule has 0 aliphatic carbocycles. The molecule has 0 aromatic rings. The summed E-state index contributed by atoms with van der Waals surface area (Å²) < 4.78 is 10.8. The number of nitrogens with one attached hydrogen (secondary N) is 3. The zero-order valence-electron chi connectivity index (χ0n) is 25.8. The van der Waals surface area contributed by atoms with Crippen molar-refractivity contribution in [3.63, 3.8) is 0 Å². The van der Waals surface area contributed by atoms with Crippen molar-refractivity contribution >= 4 is 35.4 Å². The van der Waals surface area contributed by atoms with Crippen LogP contribution >= 0.6 is 0 Å².